The van der Waals surface area contributed by atoms with E-state index in [0.29, 0.717) is 18.8 Å². The highest BCUT2D eigenvalue weighted by molar-refractivity contribution is 7.99. The Bertz CT molecular complexity index is 594. The first kappa shape index (κ1) is 15.8. The maximum Gasteiger partial charge on any atom is 0.230 e. The van der Waals surface area contributed by atoms with Gasteiger partial charge >= 0.3 is 0 Å². The molecule has 0 bridgehead atoms. The first-order chi connectivity index (χ1) is 10.1. The summed E-state index contributed by atoms with van der Waals surface area (Å²) >= 11 is 3.21. The molecule has 2 rings (SSSR count). The predicted molar refractivity (Wildman–Crippen MR) is 87.5 cm³/mol. The highest BCUT2D eigenvalue weighted by atomic mass is 32.2. The van der Waals surface area contributed by atoms with Gasteiger partial charge in [-0.15, -0.1) is 23.1 Å². The molecule has 0 atom stereocenters. The third kappa shape index (κ3) is 5.35. The summed E-state index contributed by atoms with van der Waals surface area (Å²) in [6, 6.07) is 8.02. The second-order valence-electron chi connectivity index (χ2n) is 4.40. The zero-order valence-corrected chi connectivity index (χ0v) is 13.4. The first-order valence-corrected chi connectivity index (χ1v) is 8.55. The van der Waals surface area contributed by atoms with Crippen LogP contribution in [0.25, 0.3) is 10.2 Å². The van der Waals surface area contributed by atoms with Gasteiger partial charge in [0.05, 0.1) is 16.0 Å². The van der Waals surface area contributed by atoms with Crippen molar-refractivity contribution in [1.82, 2.24) is 15.6 Å². The molecule has 112 valence electrons. The molecular weight excluding hydrogens is 306 g/mol. The van der Waals surface area contributed by atoms with Gasteiger partial charge in [0.2, 0.25) is 11.8 Å². The number of thioether (sulfide) groups is 1. The van der Waals surface area contributed by atoms with Crippen LogP contribution in [-0.2, 0) is 15.3 Å². The van der Waals surface area contributed by atoms with Gasteiger partial charge in [-0.3, -0.25) is 9.59 Å². The monoisotopic (exact) mass is 323 g/mol. The van der Waals surface area contributed by atoms with E-state index in [1.807, 2.05) is 18.2 Å². The van der Waals surface area contributed by atoms with Crippen molar-refractivity contribution >= 4 is 45.1 Å². The molecule has 2 aromatic rings. The van der Waals surface area contributed by atoms with Crippen LogP contribution in [0, 0.1) is 0 Å². The van der Waals surface area contributed by atoms with Crippen LogP contribution < -0.4 is 10.6 Å². The van der Waals surface area contributed by atoms with E-state index in [2.05, 4.69) is 21.7 Å². The lowest BCUT2D eigenvalue weighted by atomic mass is 10.3. The quantitative estimate of drug-likeness (QED) is 0.762. The van der Waals surface area contributed by atoms with Crippen LogP contribution in [0.3, 0.4) is 0 Å². The van der Waals surface area contributed by atoms with Gasteiger partial charge in [-0.2, -0.15) is 0 Å². The first-order valence-electron chi connectivity index (χ1n) is 6.58. The fourth-order valence-electron chi connectivity index (χ4n) is 1.70. The average Bonchev–Trinajstić information content (AvgIpc) is 2.86. The Hall–Kier alpha value is -1.60. The van der Waals surface area contributed by atoms with Crippen molar-refractivity contribution in [2.24, 2.45) is 0 Å². The van der Waals surface area contributed by atoms with Gasteiger partial charge in [-0.05, 0) is 12.1 Å². The molecule has 2 amide bonds. The van der Waals surface area contributed by atoms with Crippen LogP contribution in [0.1, 0.15) is 11.9 Å². The van der Waals surface area contributed by atoms with Crippen molar-refractivity contribution in [3.8, 4) is 0 Å². The van der Waals surface area contributed by atoms with E-state index in [9.17, 15) is 9.59 Å². The zero-order valence-electron chi connectivity index (χ0n) is 11.7. The highest BCUT2D eigenvalue weighted by Crippen LogP contribution is 2.24. The van der Waals surface area contributed by atoms with Crippen molar-refractivity contribution in [3.63, 3.8) is 0 Å². The SMILES string of the molecule is CC(=O)NCCNC(=O)CSCc1nc2ccccc2s1. The van der Waals surface area contributed by atoms with Gasteiger partial charge in [0, 0.05) is 25.8 Å². The lowest BCUT2D eigenvalue weighted by Crippen LogP contribution is -2.34. The molecule has 0 saturated carbocycles. The summed E-state index contributed by atoms with van der Waals surface area (Å²) in [4.78, 5) is 26.8. The smallest absolute Gasteiger partial charge is 0.230 e. The average molecular weight is 323 g/mol. The number of rotatable bonds is 7. The van der Waals surface area contributed by atoms with E-state index in [1.165, 1.54) is 11.6 Å². The van der Waals surface area contributed by atoms with Gasteiger partial charge in [-0.1, -0.05) is 12.1 Å². The number of benzene rings is 1. The molecule has 0 unspecified atom stereocenters. The van der Waals surface area contributed by atoms with Gasteiger partial charge in [0.25, 0.3) is 0 Å². The minimum atomic E-state index is -0.0885. The Morgan fingerprint density at radius 1 is 1.24 bits per heavy atom. The Kier molecular flexibility index (Phi) is 6.01. The summed E-state index contributed by atoms with van der Waals surface area (Å²) in [7, 11) is 0. The standard InChI is InChI=1S/C14H17N3O2S2/c1-10(18)15-6-7-16-13(19)8-20-9-14-17-11-4-2-3-5-12(11)21-14/h2-5H,6-9H2,1H3,(H,15,18)(H,16,19). The number of fused-ring (bicyclic) bond motifs is 1. The minimum absolute atomic E-state index is 0.0218. The number of thiazole rings is 1. The van der Waals surface area contributed by atoms with E-state index in [0.717, 1.165) is 16.3 Å². The van der Waals surface area contributed by atoms with E-state index >= 15 is 0 Å². The third-order valence-corrected chi connectivity index (χ3v) is 4.78. The van der Waals surface area contributed by atoms with Crippen molar-refractivity contribution in [3.05, 3.63) is 29.3 Å². The largest absolute Gasteiger partial charge is 0.355 e. The lowest BCUT2D eigenvalue weighted by Gasteiger charge is -2.04. The predicted octanol–water partition coefficient (Wildman–Crippen LogP) is 1.78. The van der Waals surface area contributed by atoms with E-state index in [1.54, 1.807) is 23.1 Å². The molecule has 0 radical (unpaired) electrons. The number of hydrogen-bond donors (Lipinski definition) is 2. The summed E-state index contributed by atoms with van der Waals surface area (Å²) in [6.45, 7) is 2.37. The van der Waals surface area contributed by atoms with Gasteiger partial charge in [0.15, 0.2) is 0 Å². The number of amides is 2. The van der Waals surface area contributed by atoms with Crippen molar-refractivity contribution < 1.29 is 9.59 Å². The molecule has 1 aromatic carbocycles. The molecule has 7 heteroatoms. The molecular formula is C14H17N3O2S2. The maximum atomic E-state index is 11.6. The van der Waals surface area contributed by atoms with Crippen LogP contribution in [0.5, 0.6) is 0 Å². The molecule has 0 spiro atoms. The Morgan fingerprint density at radius 2 is 2.00 bits per heavy atom. The number of aromatic nitrogens is 1. The van der Waals surface area contributed by atoms with Crippen LogP contribution in [0.15, 0.2) is 24.3 Å². The van der Waals surface area contributed by atoms with Crippen molar-refractivity contribution in [2.75, 3.05) is 18.8 Å². The van der Waals surface area contributed by atoms with E-state index < -0.39 is 0 Å². The Labute approximate surface area is 131 Å². The Balaban J connectivity index is 1.66. The van der Waals surface area contributed by atoms with E-state index in [-0.39, 0.29) is 11.8 Å². The van der Waals surface area contributed by atoms with Gasteiger partial charge in [-0.25, -0.2) is 4.98 Å². The van der Waals surface area contributed by atoms with Gasteiger partial charge < -0.3 is 10.6 Å². The second kappa shape index (κ2) is 7.99. The van der Waals surface area contributed by atoms with Crippen molar-refractivity contribution in [1.29, 1.82) is 0 Å². The molecule has 0 fully saturated rings. The van der Waals surface area contributed by atoms with Crippen LogP contribution in [0.4, 0.5) is 0 Å². The summed E-state index contributed by atoms with van der Waals surface area (Å²) in [6.07, 6.45) is 0. The summed E-state index contributed by atoms with van der Waals surface area (Å²) in [5.41, 5.74) is 1.01. The number of para-hydroxylation sites is 1. The molecule has 2 N–H and O–H groups in total. The molecule has 0 aliphatic carbocycles. The maximum absolute atomic E-state index is 11.6. The van der Waals surface area contributed by atoms with Crippen LogP contribution in [0.2, 0.25) is 0 Å². The number of nitrogens with zero attached hydrogens (tertiary/aromatic N) is 1. The lowest BCUT2D eigenvalue weighted by molar-refractivity contribution is -0.120. The number of carbonyl (C=O) groups excluding carboxylic acids is 2. The summed E-state index contributed by atoms with van der Waals surface area (Å²) < 4.78 is 1.17. The molecule has 1 heterocycles. The molecule has 1 aromatic heterocycles. The number of carbonyl (C=O) groups is 2. The molecule has 0 aliphatic rings. The van der Waals surface area contributed by atoms with E-state index in [4.69, 9.17) is 0 Å². The van der Waals surface area contributed by atoms with Crippen LogP contribution in [-0.4, -0.2) is 35.6 Å². The summed E-state index contributed by atoms with van der Waals surface area (Å²) in [5.74, 6) is 1.02. The fraction of sp³-hybridized carbons (Fsp3) is 0.357. The highest BCUT2D eigenvalue weighted by Gasteiger charge is 2.05. The topological polar surface area (TPSA) is 71.1 Å². The minimum Gasteiger partial charge on any atom is -0.355 e. The molecule has 0 aliphatic heterocycles. The third-order valence-electron chi connectivity index (χ3n) is 2.62. The molecule has 5 nitrogen and oxygen atoms in total. The van der Waals surface area contributed by atoms with Gasteiger partial charge in [0.1, 0.15) is 5.01 Å². The summed E-state index contributed by atoms with van der Waals surface area (Å²) in [5, 5.41) is 6.42. The Morgan fingerprint density at radius 3 is 2.76 bits per heavy atom. The second-order valence-corrected chi connectivity index (χ2v) is 6.50. The zero-order chi connectivity index (χ0) is 15.1. The number of nitrogens with one attached hydrogen (secondary N) is 2. The van der Waals surface area contributed by atoms with Crippen LogP contribution >= 0.6 is 23.1 Å². The molecule has 21 heavy (non-hydrogen) atoms. The van der Waals surface area contributed by atoms with Crippen molar-refractivity contribution in [2.45, 2.75) is 12.7 Å². The molecule has 0 saturated heterocycles. The fourth-order valence-corrected chi connectivity index (χ4v) is 3.58. The normalized spacial score (nSPS) is 10.5. The number of hydrogen-bond acceptors (Lipinski definition) is 5.